The van der Waals surface area contributed by atoms with Crippen LogP contribution in [0.25, 0.3) is 0 Å². The van der Waals surface area contributed by atoms with Gasteiger partial charge in [-0.3, -0.25) is 9.59 Å². The van der Waals surface area contributed by atoms with Crippen molar-refractivity contribution in [2.45, 2.75) is 60.0 Å². The maximum atomic E-state index is 12.2. The Bertz CT molecular complexity index is 440. The molecule has 23 heavy (non-hydrogen) atoms. The average molecular weight is 341 g/mol. The summed E-state index contributed by atoms with van der Waals surface area (Å²) in [5.74, 6) is -0.0814. The minimum absolute atomic E-state index is 0.0475. The SMILES string of the molecule is CC[C@@H](C[C@@H](C)C(=O)C=CC(C)=C[C@H](C)[C@H](O)CC)C(=O)SC. The number of aliphatic hydroxyl groups is 1. The lowest BCUT2D eigenvalue weighted by atomic mass is 9.91. The molecule has 0 aromatic heterocycles. The molecule has 1 N–H and O–H groups in total. The fourth-order valence-corrected chi connectivity index (χ4v) is 3.07. The van der Waals surface area contributed by atoms with Crippen LogP contribution in [0.4, 0.5) is 0 Å². The summed E-state index contributed by atoms with van der Waals surface area (Å²) >= 11 is 1.24. The molecule has 0 spiro atoms. The Morgan fingerprint density at radius 1 is 1.13 bits per heavy atom. The van der Waals surface area contributed by atoms with Crippen LogP contribution in [0, 0.1) is 17.8 Å². The summed E-state index contributed by atoms with van der Waals surface area (Å²) in [5.41, 5.74) is 0.970. The fraction of sp³-hybridized carbons (Fsp3) is 0.684. The summed E-state index contributed by atoms with van der Waals surface area (Å²) in [6.07, 6.45) is 8.90. The summed E-state index contributed by atoms with van der Waals surface area (Å²) in [5, 5.41) is 9.93. The van der Waals surface area contributed by atoms with E-state index < -0.39 is 0 Å². The van der Waals surface area contributed by atoms with E-state index >= 15 is 0 Å². The molecule has 0 saturated heterocycles. The molecule has 0 aliphatic carbocycles. The molecule has 4 atom stereocenters. The number of thioether (sulfide) groups is 1. The van der Waals surface area contributed by atoms with Gasteiger partial charge in [-0.15, -0.1) is 0 Å². The highest BCUT2D eigenvalue weighted by molar-refractivity contribution is 8.13. The van der Waals surface area contributed by atoms with Crippen molar-refractivity contribution >= 4 is 22.7 Å². The molecule has 0 saturated carbocycles. The van der Waals surface area contributed by atoms with Gasteiger partial charge in [0.1, 0.15) is 0 Å². The third-order valence-corrected chi connectivity index (χ3v) is 4.95. The van der Waals surface area contributed by atoms with E-state index in [0.717, 1.165) is 12.0 Å². The average Bonchev–Trinajstić information content (AvgIpc) is 2.55. The van der Waals surface area contributed by atoms with Crippen LogP contribution >= 0.6 is 11.8 Å². The Morgan fingerprint density at radius 2 is 1.74 bits per heavy atom. The Balaban J connectivity index is 4.67. The van der Waals surface area contributed by atoms with Gasteiger partial charge in [0.15, 0.2) is 10.9 Å². The number of ketones is 1. The van der Waals surface area contributed by atoms with E-state index in [4.69, 9.17) is 0 Å². The molecular formula is C19H32O3S. The van der Waals surface area contributed by atoms with E-state index in [-0.39, 0.29) is 34.8 Å². The molecule has 0 radical (unpaired) electrons. The zero-order chi connectivity index (χ0) is 18.0. The smallest absolute Gasteiger partial charge is 0.191 e. The Labute approximate surface area is 145 Å². The van der Waals surface area contributed by atoms with E-state index in [1.54, 1.807) is 18.4 Å². The Morgan fingerprint density at radius 3 is 2.22 bits per heavy atom. The topological polar surface area (TPSA) is 54.4 Å². The number of carbonyl (C=O) groups is 2. The highest BCUT2D eigenvalue weighted by atomic mass is 32.2. The number of aliphatic hydroxyl groups excluding tert-OH is 1. The van der Waals surface area contributed by atoms with Crippen LogP contribution in [0.5, 0.6) is 0 Å². The lowest BCUT2D eigenvalue weighted by Crippen LogP contribution is -2.18. The van der Waals surface area contributed by atoms with Gasteiger partial charge >= 0.3 is 0 Å². The van der Waals surface area contributed by atoms with E-state index in [1.165, 1.54) is 11.8 Å². The van der Waals surface area contributed by atoms with Crippen molar-refractivity contribution in [3.8, 4) is 0 Å². The van der Waals surface area contributed by atoms with E-state index in [0.29, 0.717) is 12.8 Å². The van der Waals surface area contributed by atoms with Crippen LogP contribution in [0.2, 0.25) is 0 Å². The minimum Gasteiger partial charge on any atom is -0.393 e. The fourth-order valence-electron chi connectivity index (χ4n) is 2.47. The molecule has 0 aromatic carbocycles. The van der Waals surface area contributed by atoms with Crippen molar-refractivity contribution in [1.82, 2.24) is 0 Å². The maximum absolute atomic E-state index is 12.2. The number of rotatable bonds is 10. The first-order valence-electron chi connectivity index (χ1n) is 8.42. The van der Waals surface area contributed by atoms with Gasteiger partial charge in [-0.05, 0) is 38.5 Å². The van der Waals surface area contributed by atoms with Crippen LogP contribution in [-0.2, 0) is 9.59 Å². The summed E-state index contributed by atoms with van der Waals surface area (Å²) in [6, 6.07) is 0. The van der Waals surface area contributed by atoms with E-state index in [1.807, 2.05) is 40.7 Å². The first-order chi connectivity index (χ1) is 10.8. The monoisotopic (exact) mass is 340 g/mol. The zero-order valence-electron chi connectivity index (χ0n) is 15.3. The molecule has 0 aromatic rings. The Kier molecular flexibility index (Phi) is 11.2. The standard InChI is InChI=1S/C19H32O3S/c1-7-16(19(22)23-6)12-15(5)18(21)10-9-13(3)11-14(4)17(20)8-2/h9-11,14-17,20H,7-8,12H2,1-6H3/t14-,15+,16-,17+/m0/s1. The summed E-state index contributed by atoms with van der Waals surface area (Å²) in [4.78, 5) is 24.0. The molecule has 3 nitrogen and oxygen atoms in total. The highest BCUT2D eigenvalue weighted by Crippen LogP contribution is 2.22. The predicted octanol–water partition coefficient (Wildman–Crippen LogP) is 4.41. The van der Waals surface area contributed by atoms with Crippen molar-refractivity contribution in [2.75, 3.05) is 6.26 Å². The molecule has 132 valence electrons. The molecule has 0 fully saturated rings. The second-order valence-corrected chi connectivity index (χ2v) is 7.06. The predicted molar refractivity (Wildman–Crippen MR) is 99.4 cm³/mol. The lowest BCUT2D eigenvalue weighted by Gasteiger charge is -2.16. The molecule has 4 heteroatoms. The van der Waals surface area contributed by atoms with E-state index in [9.17, 15) is 14.7 Å². The third-order valence-electron chi connectivity index (χ3n) is 4.21. The summed E-state index contributed by atoms with van der Waals surface area (Å²) in [6.45, 7) is 9.71. The highest BCUT2D eigenvalue weighted by Gasteiger charge is 2.21. The second kappa shape index (κ2) is 11.6. The lowest BCUT2D eigenvalue weighted by molar-refractivity contribution is -0.119. The first kappa shape index (κ1) is 22.1. The molecule has 0 amide bonds. The van der Waals surface area contributed by atoms with Crippen LogP contribution in [0.1, 0.15) is 53.9 Å². The van der Waals surface area contributed by atoms with Crippen molar-refractivity contribution in [3.05, 3.63) is 23.8 Å². The molecule has 0 heterocycles. The van der Waals surface area contributed by atoms with Gasteiger partial charge in [-0.2, -0.15) is 0 Å². The number of carbonyl (C=O) groups excluding carboxylic acids is 2. The van der Waals surface area contributed by atoms with Crippen molar-refractivity contribution in [1.29, 1.82) is 0 Å². The van der Waals surface area contributed by atoms with E-state index in [2.05, 4.69) is 0 Å². The van der Waals surface area contributed by atoms with Crippen molar-refractivity contribution < 1.29 is 14.7 Å². The molecule has 0 bridgehead atoms. The second-order valence-electron chi connectivity index (χ2n) is 6.25. The van der Waals surface area contributed by atoms with Gasteiger partial charge in [-0.1, -0.05) is 57.2 Å². The van der Waals surface area contributed by atoms with Gasteiger partial charge in [0, 0.05) is 17.8 Å². The van der Waals surface area contributed by atoms with Crippen LogP contribution < -0.4 is 0 Å². The van der Waals surface area contributed by atoms with Crippen LogP contribution in [0.3, 0.4) is 0 Å². The normalized spacial score (nSPS) is 17.8. The Hall–Kier alpha value is -0.870. The number of allylic oxidation sites excluding steroid dienone is 3. The maximum Gasteiger partial charge on any atom is 0.191 e. The summed E-state index contributed by atoms with van der Waals surface area (Å²) < 4.78 is 0. The zero-order valence-corrected chi connectivity index (χ0v) is 16.2. The quantitative estimate of drug-likeness (QED) is 0.473. The molecule has 0 unspecified atom stereocenters. The third kappa shape index (κ3) is 8.52. The molecule has 0 rings (SSSR count). The van der Waals surface area contributed by atoms with Gasteiger partial charge in [-0.25, -0.2) is 0 Å². The largest absolute Gasteiger partial charge is 0.393 e. The van der Waals surface area contributed by atoms with Gasteiger partial charge in [0.2, 0.25) is 0 Å². The van der Waals surface area contributed by atoms with Crippen LogP contribution in [-0.4, -0.2) is 28.4 Å². The summed E-state index contributed by atoms with van der Waals surface area (Å²) in [7, 11) is 0. The number of hydrogen-bond acceptors (Lipinski definition) is 4. The molecular weight excluding hydrogens is 308 g/mol. The van der Waals surface area contributed by atoms with Crippen LogP contribution in [0.15, 0.2) is 23.8 Å². The van der Waals surface area contributed by atoms with Gasteiger partial charge in [0.05, 0.1) is 6.10 Å². The van der Waals surface area contributed by atoms with Crippen molar-refractivity contribution in [3.63, 3.8) is 0 Å². The minimum atomic E-state index is -0.351. The number of hydrogen-bond donors (Lipinski definition) is 1. The molecule has 0 aliphatic rings. The van der Waals surface area contributed by atoms with Crippen molar-refractivity contribution in [2.24, 2.45) is 17.8 Å². The first-order valence-corrected chi connectivity index (χ1v) is 9.65. The van der Waals surface area contributed by atoms with Gasteiger partial charge in [0.25, 0.3) is 0 Å². The van der Waals surface area contributed by atoms with Gasteiger partial charge < -0.3 is 5.11 Å². The molecule has 0 aliphatic heterocycles.